The molecule has 1 unspecified atom stereocenters. The third-order valence-corrected chi connectivity index (χ3v) is 3.01. The number of nitrogens with zero attached hydrogens (tertiary/aromatic N) is 1. The van der Waals surface area contributed by atoms with Crippen molar-refractivity contribution in [3.8, 4) is 0 Å². The van der Waals surface area contributed by atoms with Gasteiger partial charge in [0.05, 0.1) is 12.8 Å². The van der Waals surface area contributed by atoms with Crippen LogP contribution in [0.25, 0.3) is 0 Å². The number of hydrogen-bond acceptors (Lipinski definition) is 4. The molecule has 0 saturated heterocycles. The van der Waals surface area contributed by atoms with E-state index in [-0.39, 0.29) is 11.6 Å². The largest absolute Gasteiger partial charge is 0.478 e. The molecule has 0 fully saturated rings. The molecule has 1 aromatic heterocycles. The summed E-state index contributed by atoms with van der Waals surface area (Å²) in [7, 11) is 0. The first-order valence-electron chi connectivity index (χ1n) is 6.33. The van der Waals surface area contributed by atoms with Crippen LogP contribution < -0.4 is 5.32 Å². The van der Waals surface area contributed by atoms with E-state index in [0.29, 0.717) is 12.3 Å². The van der Waals surface area contributed by atoms with Gasteiger partial charge in [-0.3, -0.25) is 0 Å². The van der Waals surface area contributed by atoms with Gasteiger partial charge < -0.3 is 19.7 Å². The van der Waals surface area contributed by atoms with Gasteiger partial charge in [0.2, 0.25) is 0 Å². The third-order valence-electron chi connectivity index (χ3n) is 3.01. The van der Waals surface area contributed by atoms with Crippen molar-refractivity contribution in [2.24, 2.45) is 0 Å². The average molecular weight is 254 g/mol. The number of carboxylic acids is 1. The van der Waals surface area contributed by atoms with Crippen LogP contribution in [-0.4, -0.2) is 41.7 Å². The van der Waals surface area contributed by atoms with Crippen LogP contribution in [0.1, 0.15) is 36.9 Å². The predicted octanol–water partition coefficient (Wildman–Crippen LogP) is 1.80. The van der Waals surface area contributed by atoms with Crippen molar-refractivity contribution in [1.29, 1.82) is 0 Å². The van der Waals surface area contributed by atoms with Crippen LogP contribution in [0.4, 0.5) is 0 Å². The summed E-state index contributed by atoms with van der Waals surface area (Å²) in [6.07, 6.45) is 1.41. The molecular weight excluding hydrogens is 232 g/mol. The van der Waals surface area contributed by atoms with Crippen molar-refractivity contribution in [3.63, 3.8) is 0 Å². The van der Waals surface area contributed by atoms with Gasteiger partial charge in [-0.05, 0) is 26.1 Å². The lowest BCUT2D eigenvalue weighted by Gasteiger charge is -2.23. The Kier molecular flexibility index (Phi) is 5.88. The Bertz CT molecular complexity index is 372. The van der Waals surface area contributed by atoms with Gasteiger partial charge in [-0.15, -0.1) is 0 Å². The number of nitrogens with one attached hydrogen (secondary N) is 1. The van der Waals surface area contributed by atoms with E-state index in [0.717, 1.165) is 19.6 Å². The summed E-state index contributed by atoms with van der Waals surface area (Å²) in [5, 5.41) is 12.2. The fourth-order valence-electron chi connectivity index (χ4n) is 1.87. The van der Waals surface area contributed by atoms with E-state index < -0.39 is 5.97 Å². The van der Waals surface area contributed by atoms with Crippen molar-refractivity contribution in [2.45, 2.75) is 33.4 Å². The second kappa shape index (κ2) is 7.18. The normalized spacial score (nSPS) is 12.9. The Morgan fingerprint density at radius 2 is 2.17 bits per heavy atom. The highest BCUT2D eigenvalue weighted by molar-refractivity contribution is 5.88. The average Bonchev–Trinajstić information content (AvgIpc) is 2.81. The molecule has 0 spiro atoms. The second-order valence-electron chi connectivity index (χ2n) is 4.33. The fourth-order valence-corrected chi connectivity index (χ4v) is 1.87. The minimum atomic E-state index is -0.947. The van der Waals surface area contributed by atoms with Crippen LogP contribution in [0.3, 0.4) is 0 Å². The molecule has 1 rings (SSSR count). The predicted molar refractivity (Wildman–Crippen MR) is 69.8 cm³/mol. The van der Waals surface area contributed by atoms with Crippen LogP contribution in [0.15, 0.2) is 16.7 Å². The molecule has 5 nitrogen and oxygen atoms in total. The van der Waals surface area contributed by atoms with Crippen LogP contribution >= 0.6 is 0 Å². The molecular formula is C13H22N2O3. The highest BCUT2D eigenvalue weighted by atomic mass is 16.4. The monoisotopic (exact) mass is 254 g/mol. The molecule has 0 radical (unpaired) electrons. The Labute approximate surface area is 108 Å². The molecule has 0 aliphatic carbocycles. The van der Waals surface area contributed by atoms with Gasteiger partial charge in [-0.1, -0.05) is 13.8 Å². The van der Waals surface area contributed by atoms with Crippen LogP contribution in [0, 0.1) is 0 Å². The molecule has 0 saturated carbocycles. The highest BCUT2D eigenvalue weighted by Crippen LogP contribution is 2.10. The van der Waals surface area contributed by atoms with Gasteiger partial charge in [0.1, 0.15) is 11.3 Å². The number of carboxylic acid groups (broad SMARTS) is 1. The van der Waals surface area contributed by atoms with Gasteiger partial charge in [0.25, 0.3) is 0 Å². The number of carbonyl (C=O) groups is 1. The third kappa shape index (κ3) is 4.16. The van der Waals surface area contributed by atoms with Gasteiger partial charge in [-0.2, -0.15) is 0 Å². The lowest BCUT2D eigenvalue weighted by atomic mass is 10.2. The van der Waals surface area contributed by atoms with Crippen molar-refractivity contribution in [3.05, 3.63) is 23.7 Å². The fraction of sp³-hybridized carbons (Fsp3) is 0.615. The molecule has 1 atom stereocenters. The quantitative estimate of drug-likeness (QED) is 0.740. The SMILES string of the molecule is CCN(CC)CC(C)NCc1occc1C(=O)O. The van der Waals surface area contributed by atoms with Gasteiger partial charge in [-0.25, -0.2) is 4.79 Å². The maximum Gasteiger partial charge on any atom is 0.339 e. The smallest absolute Gasteiger partial charge is 0.339 e. The van der Waals surface area contributed by atoms with Crippen LogP contribution in [0.2, 0.25) is 0 Å². The standard InChI is InChI=1S/C13H22N2O3/c1-4-15(5-2)9-10(3)14-8-12-11(13(16)17)6-7-18-12/h6-7,10,14H,4-5,8-9H2,1-3H3,(H,16,17). The topological polar surface area (TPSA) is 65.7 Å². The van der Waals surface area contributed by atoms with Crippen LogP contribution in [0.5, 0.6) is 0 Å². The zero-order chi connectivity index (χ0) is 13.5. The molecule has 1 heterocycles. The first-order chi connectivity index (χ1) is 8.58. The summed E-state index contributed by atoms with van der Waals surface area (Å²) in [5.41, 5.74) is 0.234. The number of furan rings is 1. The van der Waals surface area contributed by atoms with E-state index in [4.69, 9.17) is 9.52 Å². The maximum absolute atomic E-state index is 10.9. The molecule has 0 aromatic carbocycles. The Balaban J connectivity index is 2.44. The second-order valence-corrected chi connectivity index (χ2v) is 4.33. The van der Waals surface area contributed by atoms with E-state index in [2.05, 4.69) is 31.0 Å². The minimum Gasteiger partial charge on any atom is -0.478 e. The van der Waals surface area contributed by atoms with Crippen LogP contribution in [-0.2, 0) is 6.54 Å². The Morgan fingerprint density at radius 1 is 1.50 bits per heavy atom. The van der Waals surface area contributed by atoms with Crippen molar-refractivity contribution >= 4 is 5.97 Å². The summed E-state index contributed by atoms with van der Waals surface area (Å²) in [4.78, 5) is 13.2. The maximum atomic E-state index is 10.9. The summed E-state index contributed by atoms with van der Waals surface area (Å²) in [5.74, 6) is -0.467. The first-order valence-corrected chi connectivity index (χ1v) is 6.33. The zero-order valence-corrected chi connectivity index (χ0v) is 11.3. The molecule has 0 bridgehead atoms. The lowest BCUT2D eigenvalue weighted by molar-refractivity contribution is 0.0694. The first kappa shape index (κ1) is 14.7. The molecule has 102 valence electrons. The zero-order valence-electron chi connectivity index (χ0n) is 11.3. The molecule has 1 aromatic rings. The Morgan fingerprint density at radius 3 is 2.72 bits per heavy atom. The molecule has 0 amide bonds. The van der Waals surface area contributed by atoms with E-state index >= 15 is 0 Å². The van der Waals surface area contributed by atoms with Crippen molar-refractivity contribution < 1.29 is 14.3 Å². The number of hydrogen-bond donors (Lipinski definition) is 2. The summed E-state index contributed by atoms with van der Waals surface area (Å²) in [6.45, 7) is 9.76. The summed E-state index contributed by atoms with van der Waals surface area (Å²) in [6, 6.07) is 1.77. The molecule has 18 heavy (non-hydrogen) atoms. The summed E-state index contributed by atoms with van der Waals surface area (Å²) < 4.78 is 5.18. The Hall–Kier alpha value is -1.33. The van der Waals surface area contributed by atoms with Crippen molar-refractivity contribution in [1.82, 2.24) is 10.2 Å². The number of aromatic carboxylic acids is 1. The molecule has 0 aliphatic heterocycles. The van der Waals surface area contributed by atoms with E-state index in [1.807, 2.05) is 0 Å². The summed E-state index contributed by atoms with van der Waals surface area (Å²) >= 11 is 0. The molecule has 5 heteroatoms. The van der Waals surface area contributed by atoms with E-state index in [1.54, 1.807) is 0 Å². The molecule has 0 aliphatic rings. The lowest BCUT2D eigenvalue weighted by Crippen LogP contribution is -2.38. The van der Waals surface area contributed by atoms with Gasteiger partial charge >= 0.3 is 5.97 Å². The molecule has 2 N–H and O–H groups in total. The van der Waals surface area contributed by atoms with E-state index in [9.17, 15) is 4.79 Å². The number of likely N-dealkylation sites (N-methyl/N-ethyl adjacent to an activating group) is 1. The van der Waals surface area contributed by atoms with Crippen molar-refractivity contribution in [2.75, 3.05) is 19.6 Å². The van der Waals surface area contributed by atoms with E-state index in [1.165, 1.54) is 12.3 Å². The van der Waals surface area contributed by atoms with Gasteiger partial charge in [0, 0.05) is 12.6 Å². The highest BCUT2D eigenvalue weighted by Gasteiger charge is 2.14. The minimum absolute atomic E-state index is 0.234. The van der Waals surface area contributed by atoms with Gasteiger partial charge in [0.15, 0.2) is 0 Å². The number of rotatable bonds is 8.